The number of fused-ring (bicyclic) bond motifs is 1. The van der Waals surface area contributed by atoms with E-state index < -0.39 is 11.5 Å². The number of halogens is 1. The highest BCUT2D eigenvalue weighted by atomic mass is 19.1. The maximum atomic E-state index is 13.2. The topological polar surface area (TPSA) is 73.2 Å². The number of carbonyl (C=O) groups excluding carboxylic acids is 1. The molecule has 1 atom stereocenters. The number of nitrogens with zero attached hydrogens (tertiary/aromatic N) is 2. The van der Waals surface area contributed by atoms with Crippen molar-refractivity contribution in [1.82, 2.24) is 9.55 Å². The fraction of sp³-hybridized carbons (Fsp3) is 0.389. The van der Waals surface area contributed by atoms with E-state index >= 15 is 0 Å². The van der Waals surface area contributed by atoms with Crippen molar-refractivity contribution < 1.29 is 13.9 Å². The van der Waals surface area contributed by atoms with E-state index in [1.54, 1.807) is 19.1 Å². The van der Waals surface area contributed by atoms with Crippen LogP contribution in [0.25, 0.3) is 0 Å². The van der Waals surface area contributed by atoms with Gasteiger partial charge in [0, 0.05) is 0 Å². The quantitative estimate of drug-likeness (QED) is 0.860. The van der Waals surface area contributed by atoms with Crippen LogP contribution < -0.4 is 10.9 Å². The Kier molecular flexibility index (Phi) is 4.57. The normalized spacial score (nSPS) is 19.0. The highest BCUT2D eigenvalue weighted by Crippen LogP contribution is 2.35. The van der Waals surface area contributed by atoms with Gasteiger partial charge in [0.15, 0.2) is 0 Å². The monoisotopic (exact) mass is 345 g/mol. The Morgan fingerprint density at radius 1 is 1.40 bits per heavy atom. The van der Waals surface area contributed by atoms with Crippen molar-refractivity contribution >= 4 is 11.7 Å². The number of anilines is 1. The maximum absolute atomic E-state index is 13.2. The molecular formula is C18H20FN3O3. The zero-order valence-electron chi connectivity index (χ0n) is 14.2. The van der Waals surface area contributed by atoms with Crippen molar-refractivity contribution in [2.75, 3.05) is 11.9 Å². The van der Waals surface area contributed by atoms with E-state index in [4.69, 9.17) is 4.74 Å². The third kappa shape index (κ3) is 3.40. The summed E-state index contributed by atoms with van der Waals surface area (Å²) < 4.78 is 19.3. The molecule has 2 heterocycles. The van der Waals surface area contributed by atoms with Crippen LogP contribution in [0.3, 0.4) is 0 Å². The van der Waals surface area contributed by atoms with E-state index in [9.17, 15) is 14.0 Å². The molecule has 3 rings (SSSR count). The molecule has 6 nitrogen and oxygen atoms in total. The number of hydrogen-bond acceptors (Lipinski definition) is 5. The van der Waals surface area contributed by atoms with E-state index in [1.807, 2.05) is 6.92 Å². The predicted molar refractivity (Wildman–Crippen MR) is 90.8 cm³/mol. The van der Waals surface area contributed by atoms with Crippen LogP contribution in [0.5, 0.6) is 0 Å². The fourth-order valence-corrected chi connectivity index (χ4v) is 3.04. The molecule has 0 fully saturated rings. The van der Waals surface area contributed by atoms with Crippen LogP contribution in [0, 0.1) is 5.82 Å². The number of benzene rings is 1. The predicted octanol–water partition coefficient (Wildman–Crippen LogP) is 2.22. The lowest BCUT2D eigenvalue weighted by atomic mass is 9.83. The first-order valence-electron chi connectivity index (χ1n) is 8.21. The minimum atomic E-state index is -0.509. The summed E-state index contributed by atoms with van der Waals surface area (Å²) >= 11 is 0. The Morgan fingerprint density at radius 3 is 2.80 bits per heavy atom. The lowest BCUT2D eigenvalue weighted by Crippen LogP contribution is -2.41. The second-order valence-corrected chi connectivity index (χ2v) is 6.27. The Morgan fingerprint density at radius 2 is 2.12 bits per heavy atom. The van der Waals surface area contributed by atoms with Gasteiger partial charge >= 0.3 is 5.97 Å². The summed E-state index contributed by atoms with van der Waals surface area (Å²) in [6.07, 6.45) is 2.71. The fourth-order valence-electron chi connectivity index (χ4n) is 3.04. The summed E-state index contributed by atoms with van der Waals surface area (Å²) in [5, 5.41) is 3.25. The number of aryl methyl sites for hydroxylation is 1. The number of nitrogens with one attached hydrogen (secondary N) is 1. The first-order chi connectivity index (χ1) is 11.9. The van der Waals surface area contributed by atoms with Gasteiger partial charge in [-0.25, -0.2) is 9.37 Å². The van der Waals surface area contributed by atoms with Gasteiger partial charge in [-0.2, -0.15) is 0 Å². The molecule has 25 heavy (non-hydrogen) atoms. The van der Waals surface area contributed by atoms with Crippen LogP contribution in [-0.4, -0.2) is 22.1 Å². The summed E-state index contributed by atoms with van der Waals surface area (Å²) in [6, 6.07) is 6.22. The minimum Gasteiger partial charge on any atom is -0.465 e. The van der Waals surface area contributed by atoms with E-state index in [0.717, 1.165) is 12.0 Å². The van der Waals surface area contributed by atoms with Gasteiger partial charge in [0.1, 0.15) is 18.0 Å². The Balaban J connectivity index is 1.92. The van der Waals surface area contributed by atoms with Crippen LogP contribution >= 0.6 is 0 Å². The van der Waals surface area contributed by atoms with Crippen molar-refractivity contribution in [3.63, 3.8) is 0 Å². The molecule has 1 aliphatic rings. The van der Waals surface area contributed by atoms with Crippen LogP contribution in [0.15, 0.2) is 35.4 Å². The molecule has 0 saturated heterocycles. The average molecular weight is 345 g/mol. The lowest BCUT2D eigenvalue weighted by Gasteiger charge is -2.36. The molecule has 132 valence electrons. The number of rotatable bonds is 4. The van der Waals surface area contributed by atoms with Crippen LogP contribution in [0.2, 0.25) is 0 Å². The Bertz CT molecular complexity index is 848. The zero-order chi connectivity index (χ0) is 18.0. The van der Waals surface area contributed by atoms with Crippen LogP contribution in [0.4, 0.5) is 10.1 Å². The third-order valence-corrected chi connectivity index (χ3v) is 4.47. The van der Waals surface area contributed by atoms with E-state index in [1.165, 1.54) is 23.0 Å². The molecule has 0 bridgehead atoms. The largest absolute Gasteiger partial charge is 0.465 e. The first kappa shape index (κ1) is 17.1. The van der Waals surface area contributed by atoms with E-state index in [0.29, 0.717) is 17.8 Å². The van der Waals surface area contributed by atoms with Gasteiger partial charge in [-0.3, -0.25) is 14.2 Å². The van der Waals surface area contributed by atoms with E-state index in [-0.39, 0.29) is 24.5 Å². The number of aromatic nitrogens is 2. The molecule has 0 saturated carbocycles. The second-order valence-electron chi connectivity index (χ2n) is 6.27. The molecular weight excluding hydrogens is 325 g/mol. The van der Waals surface area contributed by atoms with Crippen molar-refractivity contribution in [3.8, 4) is 0 Å². The number of esters is 1. The molecule has 1 aliphatic heterocycles. The summed E-state index contributed by atoms with van der Waals surface area (Å²) in [5.74, 6) is -0.787. The zero-order valence-corrected chi connectivity index (χ0v) is 14.2. The molecule has 7 heteroatoms. The van der Waals surface area contributed by atoms with Crippen LogP contribution in [0.1, 0.15) is 31.5 Å². The van der Waals surface area contributed by atoms with E-state index in [2.05, 4.69) is 10.3 Å². The summed E-state index contributed by atoms with van der Waals surface area (Å²) in [4.78, 5) is 28.7. The average Bonchev–Trinajstić information content (AvgIpc) is 2.59. The molecule has 0 amide bonds. The molecule has 1 N–H and O–H groups in total. The van der Waals surface area contributed by atoms with Crippen molar-refractivity contribution in [3.05, 3.63) is 58.0 Å². The number of carbonyl (C=O) groups is 1. The summed E-state index contributed by atoms with van der Waals surface area (Å²) in [5.41, 5.74) is 1.12. The van der Waals surface area contributed by atoms with Crippen molar-refractivity contribution in [2.45, 2.75) is 38.8 Å². The van der Waals surface area contributed by atoms with Crippen molar-refractivity contribution in [1.29, 1.82) is 0 Å². The first-order valence-corrected chi connectivity index (χ1v) is 8.21. The van der Waals surface area contributed by atoms with Crippen molar-refractivity contribution in [2.24, 2.45) is 0 Å². The van der Waals surface area contributed by atoms with Gasteiger partial charge < -0.3 is 10.1 Å². The molecule has 2 aromatic rings. The van der Waals surface area contributed by atoms with Crippen LogP contribution in [-0.2, 0) is 28.0 Å². The molecule has 0 spiro atoms. The van der Waals surface area contributed by atoms with Gasteiger partial charge in [-0.05, 0) is 44.4 Å². The SMILES string of the molecule is CCOC(=O)Cn1cnc2c(c1=O)N[C@@](C)(c1ccc(F)cc1)CC2. The Hall–Kier alpha value is -2.70. The molecule has 0 unspecified atom stereocenters. The maximum Gasteiger partial charge on any atom is 0.326 e. The summed E-state index contributed by atoms with van der Waals surface area (Å²) in [6.45, 7) is 3.75. The second kappa shape index (κ2) is 6.66. The minimum absolute atomic E-state index is 0.179. The molecule has 1 aromatic carbocycles. The van der Waals surface area contributed by atoms with Gasteiger partial charge in [0.25, 0.3) is 5.56 Å². The van der Waals surface area contributed by atoms with Gasteiger partial charge in [0.2, 0.25) is 0 Å². The molecule has 0 radical (unpaired) electrons. The van der Waals surface area contributed by atoms with Gasteiger partial charge in [-0.15, -0.1) is 0 Å². The molecule has 0 aliphatic carbocycles. The lowest BCUT2D eigenvalue weighted by molar-refractivity contribution is -0.143. The number of hydrogen-bond donors (Lipinski definition) is 1. The smallest absolute Gasteiger partial charge is 0.326 e. The Labute approximate surface area is 144 Å². The highest BCUT2D eigenvalue weighted by Gasteiger charge is 2.33. The summed E-state index contributed by atoms with van der Waals surface area (Å²) in [7, 11) is 0. The third-order valence-electron chi connectivity index (χ3n) is 4.47. The highest BCUT2D eigenvalue weighted by molar-refractivity contribution is 5.69. The standard InChI is InChI=1S/C18H20FN3O3/c1-3-25-15(23)10-22-11-20-14-8-9-18(2,21-16(14)17(22)24)12-4-6-13(19)7-5-12/h4-7,11,21H,3,8-10H2,1-2H3/t18-/m1/s1. The van der Waals surface area contributed by atoms with Gasteiger partial charge in [0.05, 0.1) is 24.2 Å². The number of ether oxygens (including phenoxy) is 1. The van der Waals surface area contributed by atoms with Gasteiger partial charge in [-0.1, -0.05) is 12.1 Å². The molecule has 1 aromatic heterocycles.